The number of hydrogen-bond acceptors (Lipinski definition) is 5. The van der Waals surface area contributed by atoms with E-state index < -0.39 is 0 Å². The lowest BCUT2D eigenvalue weighted by molar-refractivity contribution is 0.250. The molecule has 2 aromatic rings. The van der Waals surface area contributed by atoms with Crippen molar-refractivity contribution in [3.63, 3.8) is 0 Å². The van der Waals surface area contributed by atoms with Crippen LogP contribution in [0.5, 0.6) is 0 Å². The van der Waals surface area contributed by atoms with Gasteiger partial charge in [-0.25, -0.2) is 9.97 Å². The lowest BCUT2D eigenvalue weighted by Gasteiger charge is -2.24. The second kappa shape index (κ2) is 5.89. The first-order chi connectivity index (χ1) is 9.78. The van der Waals surface area contributed by atoms with Gasteiger partial charge in [-0.05, 0) is 44.0 Å². The second-order valence-electron chi connectivity index (χ2n) is 5.21. The predicted octanol–water partition coefficient (Wildman–Crippen LogP) is 3.23. The van der Waals surface area contributed by atoms with Gasteiger partial charge >= 0.3 is 0 Å². The van der Waals surface area contributed by atoms with Crippen molar-refractivity contribution in [1.82, 2.24) is 14.9 Å². The third kappa shape index (κ3) is 2.69. The molecule has 106 valence electrons. The quantitative estimate of drug-likeness (QED) is 0.938. The molecule has 20 heavy (non-hydrogen) atoms. The Morgan fingerprint density at radius 2 is 2.35 bits per heavy atom. The molecule has 3 rings (SSSR count). The molecule has 5 heteroatoms. The summed E-state index contributed by atoms with van der Waals surface area (Å²) in [6.45, 7) is 4.28. The van der Waals surface area contributed by atoms with Gasteiger partial charge in [0.1, 0.15) is 5.82 Å². The Hall–Kier alpha value is -1.46. The summed E-state index contributed by atoms with van der Waals surface area (Å²) in [5.74, 6) is 0.948. The smallest absolute Gasteiger partial charge is 0.125 e. The molecule has 1 aliphatic rings. The molecule has 0 radical (unpaired) electrons. The molecule has 2 aromatic heterocycles. The van der Waals surface area contributed by atoms with Crippen molar-refractivity contribution in [1.29, 1.82) is 0 Å². The van der Waals surface area contributed by atoms with Gasteiger partial charge in [-0.15, -0.1) is 11.3 Å². The van der Waals surface area contributed by atoms with Crippen molar-refractivity contribution in [3.05, 3.63) is 40.0 Å². The second-order valence-corrected chi connectivity index (χ2v) is 6.15. The van der Waals surface area contributed by atoms with Gasteiger partial charge in [0.2, 0.25) is 0 Å². The fourth-order valence-corrected chi connectivity index (χ4v) is 3.65. The summed E-state index contributed by atoms with van der Waals surface area (Å²) in [6, 6.07) is 4.82. The summed E-state index contributed by atoms with van der Waals surface area (Å²) >= 11 is 1.76. The van der Waals surface area contributed by atoms with E-state index in [1.54, 1.807) is 11.3 Å². The van der Waals surface area contributed by atoms with E-state index in [0.717, 1.165) is 12.4 Å². The SMILES string of the molecule is CNc1cc(C2CCCN2Cc2scnc2C)ccn1. The zero-order chi connectivity index (χ0) is 13.9. The molecule has 0 aromatic carbocycles. The van der Waals surface area contributed by atoms with E-state index in [1.807, 2.05) is 18.8 Å². The van der Waals surface area contributed by atoms with Gasteiger partial charge in [0.05, 0.1) is 11.2 Å². The molecule has 0 aliphatic carbocycles. The highest BCUT2D eigenvalue weighted by Crippen LogP contribution is 2.34. The highest BCUT2D eigenvalue weighted by molar-refractivity contribution is 7.09. The van der Waals surface area contributed by atoms with Crippen LogP contribution < -0.4 is 5.32 Å². The monoisotopic (exact) mass is 288 g/mol. The van der Waals surface area contributed by atoms with Gasteiger partial charge in [-0.3, -0.25) is 4.90 Å². The average Bonchev–Trinajstić information content (AvgIpc) is 3.09. The lowest BCUT2D eigenvalue weighted by Crippen LogP contribution is -2.22. The van der Waals surface area contributed by atoms with Crippen LogP contribution in [0, 0.1) is 6.92 Å². The van der Waals surface area contributed by atoms with Crippen molar-refractivity contribution in [3.8, 4) is 0 Å². The van der Waals surface area contributed by atoms with Crippen LogP contribution in [0.15, 0.2) is 23.8 Å². The van der Waals surface area contributed by atoms with Crippen LogP contribution in [0.25, 0.3) is 0 Å². The van der Waals surface area contributed by atoms with Gasteiger partial charge in [0, 0.05) is 30.7 Å². The number of hydrogen-bond donors (Lipinski definition) is 1. The Balaban J connectivity index is 1.79. The Labute approximate surface area is 123 Å². The van der Waals surface area contributed by atoms with Gasteiger partial charge in [-0.1, -0.05) is 0 Å². The fourth-order valence-electron chi connectivity index (χ4n) is 2.85. The summed E-state index contributed by atoms with van der Waals surface area (Å²) < 4.78 is 0. The Morgan fingerprint density at radius 3 is 3.10 bits per heavy atom. The van der Waals surface area contributed by atoms with Crippen molar-refractivity contribution in [2.45, 2.75) is 32.4 Å². The molecule has 1 atom stereocenters. The molecule has 3 heterocycles. The van der Waals surface area contributed by atoms with Crippen molar-refractivity contribution in [2.75, 3.05) is 18.9 Å². The van der Waals surface area contributed by atoms with Crippen molar-refractivity contribution < 1.29 is 0 Å². The minimum atomic E-state index is 0.506. The van der Waals surface area contributed by atoms with E-state index in [1.165, 1.54) is 35.5 Å². The van der Waals surface area contributed by atoms with Crippen molar-refractivity contribution >= 4 is 17.2 Å². The van der Waals surface area contributed by atoms with E-state index in [0.29, 0.717) is 6.04 Å². The summed E-state index contributed by atoms with van der Waals surface area (Å²) in [7, 11) is 1.92. The van der Waals surface area contributed by atoms with E-state index >= 15 is 0 Å². The van der Waals surface area contributed by atoms with Crippen LogP contribution in [0.2, 0.25) is 0 Å². The number of pyridine rings is 1. The predicted molar refractivity (Wildman–Crippen MR) is 83.0 cm³/mol. The zero-order valence-corrected chi connectivity index (χ0v) is 12.8. The Kier molecular flexibility index (Phi) is 3.98. The molecule has 1 N–H and O–H groups in total. The first-order valence-corrected chi connectivity index (χ1v) is 7.92. The summed E-state index contributed by atoms with van der Waals surface area (Å²) in [5, 5.41) is 3.12. The number of nitrogens with one attached hydrogen (secondary N) is 1. The molecule has 1 unspecified atom stereocenters. The Bertz CT molecular complexity index is 581. The van der Waals surface area contributed by atoms with Gasteiger partial charge < -0.3 is 5.32 Å². The fraction of sp³-hybridized carbons (Fsp3) is 0.467. The molecule has 1 fully saturated rings. The summed E-state index contributed by atoms with van der Waals surface area (Å²) in [6.07, 6.45) is 4.39. The highest BCUT2D eigenvalue weighted by atomic mass is 32.1. The van der Waals surface area contributed by atoms with Crippen LogP contribution in [0.4, 0.5) is 5.82 Å². The van der Waals surface area contributed by atoms with E-state index in [2.05, 4.69) is 39.2 Å². The summed E-state index contributed by atoms with van der Waals surface area (Å²) in [5.41, 5.74) is 4.48. The zero-order valence-electron chi connectivity index (χ0n) is 12.0. The lowest BCUT2D eigenvalue weighted by atomic mass is 10.1. The maximum atomic E-state index is 4.36. The van der Waals surface area contributed by atoms with Crippen LogP contribution in [-0.2, 0) is 6.54 Å². The summed E-state index contributed by atoms with van der Waals surface area (Å²) in [4.78, 5) is 12.6. The van der Waals surface area contributed by atoms with Crippen LogP contribution in [0.1, 0.15) is 35.0 Å². The van der Waals surface area contributed by atoms with Gasteiger partial charge in [0.25, 0.3) is 0 Å². The topological polar surface area (TPSA) is 41.0 Å². The minimum Gasteiger partial charge on any atom is -0.373 e. The maximum absolute atomic E-state index is 4.36. The third-order valence-electron chi connectivity index (χ3n) is 3.98. The third-order valence-corrected chi connectivity index (χ3v) is 4.90. The largest absolute Gasteiger partial charge is 0.373 e. The standard InChI is InChI=1S/C15H20N4S/c1-11-14(20-10-18-11)9-19-7-3-4-13(19)12-5-6-17-15(8-12)16-2/h5-6,8,10,13H,3-4,7,9H2,1-2H3,(H,16,17). The molecule has 0 bridgehead atoms. The van der Waals surface area contributed by atoms with Gasteiger partial charge in [-0.2, -0.15) is 0 Å². The van der Waals surface area contributed by atoms with Crippen LogP contribution >= 0.6 is 11.3 Å². The number of aryl methyl sites for hydroxylation is 1. The number of nitrogens with zero attached hydrogens (tertiary/aromatic N) is 3. The number of likely N-dealkylation sites (tertiary alicyclic amines) is 1. The molecule has 0 amide bonds. The Morgan fingerprint density at radius 1 is 1.45 bits per heavy atom. The molecule has 0 spiro atoms. The van der Waals surface area contributed by atoms with E-state index in [-0.39, 0.29) is 0 Å². The van der Waals surface area contributed by atoms with Gasteiger partial charge in [0.15, 0.2) is 0 Å². The molecular weight excluding hydrogens is 268 g/mol. The molecule has 4 nitrogen and oxygen atoms in total. The first-order valence-electron chi connectivity index (χ1n) is 7.04. The highest BCUT2D eigenvalue weighted by Gasteiger charge is 2.27. The molecular formula is C15H20N4S. The number of thiazole rings is 1. The van der Waals surface area contributed by atoms with Crippen LogP contribution in [-0.4, -0.2) is 28.5 Å². The van der Waals surface area contributed by atoms with E-state index in [4.69, 9.17) is 0 Å². The molecule has 1 aliphatic heterocycles. The molecule has 1 saturated heterocycles. The number of rotatable bonds is 4. The number of aromatic nitrogens is 2. The van der Waals surface area contributed by atoms with Crippen molar-refractivity contribution in [2.24, 2.45) is 0 Å². The normalized spacial score (nSPS) is 19.4. The minimum absolute atomic E-state index is 0.506. The number of anilines is 1. The van der Waals surface area contributed by atoms with Crippen LogP contribution in [0.3, 0.4) is 0 Å². The van der Waals surface area contributed by atoms with E-state index in [9.17, 15) is 0 Å². The first kappa shape index (κ1) is 13.5. The maximum Gasteiger partial charge on any atom is 0.125 e. The molecule has 0 saturated carbocycles. The average molecular weight is 288 g/mol.